The molecule has 0 aliphatic carbocycles. The number of rotatable bonds is 2. The minimum Gasteiger partial charge on any atom is -0.480 e. The molecule has 1 aromatic heterocycles. The zero-order valence-corrected chi connectivity index (χ0v) is 11.4. The lowest BCUT2D eigenvalue weighted by Crippen LogP contribution is -2.31. The number of nitrogens with zero attached hydrogens (tertiary/aromatic N) is 2. The van der Waals surface area contributed by atoms with Crippen LogP contribution < -0.4 is 10.1 Å². The highest BCUT2D eigenvalue weighted by Crippen LogP contribution is 2.31. The average Bonchev–Trinajstić information content (AvgIpc) is 2.83. The molecule has 0 fully saturated rings. The van der Waals surface area contributed by atoms with Gasteiger partial charge in [-0.2, -0.15) is 5.10 Å². The van der Waals surface area contributed by atoms with Gasteiger partial charge in [-0.05, 0) is 48.7 Å². The highest BCUT2D eigenvalue weighted by molar-refractivity contribution is 5.94. The largest absolute Gasteiger partial charge is 0.480 e. The van der Waals surface area contributed by atoms with Crippen LogP contribution in [-0.4, -0.2) is 22.2 Å². The lowest BCUT2D eigenvalue weighted by atomic mass is 10.0. The standard InChI is InChI=1S/C15H15N3O2/c1-9-6-11-8-13(20-12(11)7-10(9)2)15(19)17-14-4-3-5-16-18-14/h3-7,13H,8H2,1-2H3,(H,17,18,19). The summed E-state index contributed by atoms with van der Waals surface area (Å²) in [5.74, 6) is 1.04. The van der Waals surface area contributed by atoms with Gasteiger partial charge in [-0.1, -0.05) is 6.07 Å². The average molecular weight is 269 g/mol. The number of carbonyl (C=O) groups is 1. The summed E-state index contributed by atoms with van der Waals surface area (Å²) >= 11 is 0. The van der Waals surface area contributed by atoms with E-state index in [1.165, 1.54) is 11.1 Å². The molecular formula is C15H15N3O2. The van der Waals surface area contributed by atoms with Crippen molar-refractivity contribution in [1.82, 2.24) is 10.2 Å². The van der Waals surface area contributed by atoms with E-state index in [0.29, 0.717) is 12.2 Å². The van der Waals surface area contributed by atoms with Crippen LogP contribution in [0.3, 0.4) is 0 Å². The zero-order chi connectivity index (χ0) is 14.1. The Labute approximate surface area is 117 Å². The Morgan fingerprint density at radius 1 is 1.35 bits per heavy atom. The van der Waals surface area contributed by atoms with Gasteiger partial charge in [0.15, 0.2) is 11.9 Å². The quantitative estimate of drug-likeness (QED) is 0.906. The highest BCUT2D eigenvalue weighted by atomic mass is 16.5. The number of fused-ring (bicyclic) bond motifs is 1. The van der Waals surface area contributed by atoms with Crippen LogP contribution in [0.5, 0.6) is 5.75 Å². The fourth-order valence-electron chi connectivity index (χ4n) is 2.23. The molecule has 3 rings (SSSR count). The second-order valence-corrected chi connectivity index (χ2v) is 4.95. The molecule has 1 aliphatic heterocycles. The number of benzene rings is 1. The maximum absolute atomic E-state index is 12.1. The summed E-state index contributed by atoms with van der Waals surface area (Å²) in [6, 6.07) is 7.49. The molecule has 102 valence electrons. The molecule has 2 aromatic rings. The second kappa shape index (κ2) is 4.92. The van der Waals surface area contributed by atoms with Crippen LogP contribution in [-0.2, 0) is 11.2 Å². The number of aryl methyl sites for hydroxylation is 2. The van der Waals surface area contributed by atoms with Crippen LogP contribution in [0.15, 0.2) is 30.5 Å². The lowest BCUT2D eigenvalue weighted by molar-refractivity contribution is -0.122. The number of ether oxygens (including phenoxy) is 1. The Balaban J connectivity index is 1.73. The fourth-order valence-corrected chi connectivity index (χ4v) is 2.23. The maximum atomic E-state index is 12.1. The Bertz CT molecular complexity index is 625. The van der Waals surface area contributed by atoms with Crippen molar-refractivity contribution >= 4 is 11.7 Å². The predicted octanol–water partition coefficient (Wildman–Crippen LogP) is 2.04. The van der Waals surface area contributed by atoms with E-state index in [-0.39, 0.29) is 5.91 Å². The Morgan fingerprint density at radius 3 is 2.90 bits per heavy atom. The number of hydrogen-bond donors (Lipinski definition) is 1. The van der Waals surface area contributed by atoms with Crippen molar-refractivity contribution in [2.45, 2.75) is 26.4 Å². The van der Waals surface area contributed by atoms with E-state index < -0.39 is 6.10 Å². The van der Waals surface area contributed by atoms with Gasteiger partial charge in [0.2, 0.25) is 0 Å². The molecule has 0 saturated carbocycles. The van der Waals surface area contributed by atoms with Gasteiger partial charge in [-0.25, -0.2) is 0 Å². The van der Waals surface area contributed by atoms with E-state index in [4.69, 9.17) is 4.74 Å². The van der Waals surface area contributed by atoms with Gasteiger partial charge < -0.3 is 10.1 Å². The summed E-state index contributed by atoms with van der Waals surface area (Å²) < 4.78 is 5.72. The van der Waals surface area contributed by atoms with Crippen LogP contribution in [0.4, 0.5) is 5.82 Å². The monoisotopic (exact) mass is 269 g/mol. The van der Waals surface area contributed by atoms with E-state index in [1.807, 2.05) is 13.0 Å². The third kappa shape index (κ3) is 2.34. The first-order valence-electron chi connectivity index (χ1n) is 6.49. The minimum absolute atomic E-state index is 0.197. The predicted molar refractivity (Wildman–Crippen MR) is 74.7 cm³/mol. The van der Waals surface area contributed by atoms with Crippen molar-refractivity contribution in [2.24, 2.45) is 0 Å². The summed E-state index contributed by atoms with van der Waals surface area (Å²) in [4.78, 5) is 12.1. The first-order chi connectivity index (χ1) is 9.63. The van der Waals surface area contributed by atoms with Crippen LogP contribution in [0.25, 0.3) is 0 Å². The van der Waals surface area contributed by atoms with E-state index >= 15 is 0 Å². The summed E-state index contributed by atoms with van der Waals surface area (Å²) in [7, 11) is 0. The van der Waals surface area contributed by atoms with E-state index in [1.54, 1.807) is 18.3 Å². The summed E-state index contributed by atoms with van der Waals surface area (Å²) in [6.07, 6.45) is 1.64. The van der Waals surface area contributed by atoms with Gasteiger partial charge in [0.05, 0.1) is 0 Å². The molecule has 1 atom stereocenters. The smallest absolute Gasteiger partial charge is 0.266 e. The molecule has 5 heteroatoms. The zero-order valence-electron chi connectivity index (χ0n) is 11.4. The van der Waals surface area contributed by atoms with E-state index in [9.17, 15) is 4.79 Å². The normalized spacial score (nSPS) is 16.4. The molecule has 1 unspecified atom stereocenters. The molecule has 5 nitrogen and oxygen atoms in total. The maximum Gasteiger partial charge on any atom is 0.266 e. The van der Waals surface area contributed by atoms with Crippen molar-refractivity contribution in [3.63, 3.8) is 0 Å². The number of aromatic nitrogens is 2. The van der Waals surface area contributed by atoms with Crippen molar-refractivity contribution < 1.29 is 9.53 Å². The minimum atomic E-state index is -0.506. The highest BCUT2D eigenvalue weighted by Gasteiger charge is 2.29. The molecule has 1 N–H and O–H groups in total. The van der Waals surface area contributed by atoms with Crippen molar-refractivity contribution in [1.29, 1.82) is 0 Å². The third-order valence-corrected chi connectivity index (χ3v) is 3.47. The third-order valence-electron chi connectivity index (χ3n) is 3.47. The molecule has 1 aliphatic rings. The van der Waals surface area contributed by atoms with Crippen molar-refractivity contribution in [3.05, 3.63) is 47.2 Å². The molecule has 0 bridgehead atoms. The molecule has 0 spiro atoms. The number of anilines is 1. The number of amides is 1. The van der Waals surface area contributed by atoms with Crippen molar-refractivity contribution in [2.75, 3.05) is 5.32 Å². The molecule has 0 radical (unpaired) electrons. The molecular weight excluding hydrogens is 254 g/mol. The van der Waals surface area contributed by atoms with E-state index in [2.05, 4.69) is 28.5 Å². The Morgan fingerprint density at radius 2 is 2.15 bits per heavy atom. The molecule has 1 amide bonds. The van der Waals surface area contributed by atoms with Crippen molar-refractivity contribution in [3.8, 4) is 5.75 Å². The second-order valence-electron chi connectivity index (χ2n) is 4.95. The van der Waals surface area contributed by atoms with Gasteiger partial charge in [0.1, 0.15) is 5.75 Å². The first kappa shape index (κ1) is 12.6. The van der Waals surface area contributed by atoms with Gasteiger partial charge >= 0.3 is 0 Å². The molecule has 0 saturated heterocycles. The van der Waals surface area contributed by atoms with Gasteiger partial charge in [-0.15, -0.1) is 5.10 Å². The summed E-state index contributed by atoms with van der Waals surface area (Å²) in [6.45, 7) is 4.09. The first-order valence-corrected chi connectivity index (χ1v) is 6.49. The van der Waals surface area contributed by atoms with Crippen LogP contribution in [0, 0.1) is 13.8 Å². The molecule has 2 heterocycles. The number of carbonyl (C=O) groups excluding carboxylic acids is 1. The number of nitrogens with one attached hydrogen (secondary N) is 1. The van der Waals surface area contributed by atoms with Crippen LogP contribution in [0.2, 0.25) is 0 Å². The van der Waals surface area contributed by atoms with E-state index in [0.717, 1.165) is 11.3 Å². The lowest BCUT2D eigenvalue weighted by Gasteiger charge is -2.10. The molecule has 20 heavy (non-hydrogen) atoms. The van der Waals surface area contributed by atoms with Gasteiger partial charge in [0.25, 0.3) is 5.91 Å². The number of hydrogen-bond acceptors (Lipinski definition) is 4. The molecule has 1 aromatic carbocycles. The van der Waals surface area contributed by atoms with Gasteiger partial charge in [0, 0.05) is 12.6 Å². The van der Waals surface area contributed by atoms with Gasteiger partial charge in [-0.3, -0.25) is 4.79 Å². The fraction of sp³-hybridized carbons (Fsp3) is 0.267. The van der Waals surface area contributed by atoms with Crippen LogP contribution >= 0.6 is 0 Å². The summed E-state index contributed by atoms with van der Waals surface area (Å²) in [5.41, 5.74) is 3.45. The SMILES string of the molecule is Cc1cc2c(cc1C)OC(C(=O)Nc1cccnn1)C2. The summed E-state index contributed by atoms with van der Waals surface area (Å²) in [5, 5.41) is 10.3. The topological polar surface area (TPSA) is 64.1 Å². The Hall–Kier alpha value is -2.43. The Kier molecular flexibility index (Phi) is 3.10. The van der Waals surface area contributed by atoms with Crippen LogP contribution in [0.1, 0.15) is 16.7 Å².